The number of hydrogen-bond donors (Lipinski definition) is 0. The van der Waals surface area contributed by atoms with Gasteiger partial charge in [-0.25, -0.2) is 0 Å². The second-order valence-corrected chi connectivity index (χ2v) is 21.9. The fraction of sp³-hybridized carbons (Fsp3) is 0.875. The third-order valence-electron chi connectivity index (χ3n) is 7.41. The lowest BCUT2D eigenvalue weighted by Crippen LogP contribution is -2.65. The van der Waals surface area contributed by atoms with E-state index in [1.54, 1.807) is 83.1 Å². The second kappa shape index (κ2) is 13.2. The summed E-state index contributed by atoms with van der Waals surface area (Å²) < 4.78 is 36.6. The fourth-order valence-corrected chi connectivity index (χ4v) is 4.21. The Hall–Kier alpha value is -1.98. The first-order valence-electron chi connectivity index (χ1n) is 15.0. The molecule has 0 spiro atoms. The van der Waals surface area contributed by atoms with E-state index in [0.29, 0.717) is 0 Å². The Morgan fingerprint density at radius 1 is 0.535 bits per heavy atom. The van der Waals surface area contributed by atoms with Gasteiger partial charge in [0.1, 0.15) is 6.10 Å². The monoisotopic (exact) mass is 630 g/mol. The van der Waals surface area contributed by atoms with Crippen molar-refractivity contribution < 1.29 is 47.3 Å². The second-order valence-electron chi connectivity index (χ2n) is 17.1. The first-order chi connectivity index (χ1) is 18.9. The van der Waals surface area contributed by atoms with Crippen LogP contribution < -0.4 is 0 Å². The predicted octanol–water partition coefficient (Wildman–Crippen LogP) is 6.20. The van der Waals surface area contributed by atoms with E-state index in [1.165, 1.54) is 0 Å². The summed E-state index contributed by atoms with van der Waals surface area (Å²) in [4.78, 5) is 53.0. The number of ether oxygens (including phenoxy) is 5. The van der Waals surface area contributed by atoms with Crippen LogP contribution in [-0.4, -0.2) is 69.5 Å². The van der Waals surface area contributed by atoms with E-state index >= 15 is 0 Å². The average molecular weight is 631 g/mol. The van der Waals surface area contributed by atoms with Crippen molar-refractivity contribution in [2.24, 2.45) is 21.7 Å². The number of esters is 4. The lowest BCUT2D eigenvalue weighted by molar-refractivity contribution is -0.305. The van der Waals surface area contributed by atoms with E-state index in [4.69, 9.17) is 28.1 Å². The summed E-state index contributed by atoms with van der Waals surface area (Å²) in [5, 5.41) is -0.153. The zero-order chi connectivity index (χ0) is 34.1. The van der Waals surface area contributed by atoms with Crippen LogP contribution in [0, 0.1) is 21.7 Å². The summed E-state index contributed by atoms with van der Waals surface area (Å²) in [6, 6.07) is 0. The van der Waals surface area contributed by atoms with Crippen molar-refractivity contribution in [3.05, 3.63) is 0 Å². The normalized spacial score (nSPS) is 24.2. The highest BCUT2D eigenvalue weighted by atomic mass is 28.4. The molecule has 0 radical (unpaired) electrons. The van der Waals surface area contributed by atoms with Gasteiger partial charge in [-0.2, -0.15) is 0 Å². The Kier molecular flexibility index (Phi) is 12.0. The largest absolute Gasteiger partial charge is 0.455 e. The molecule has 0 saturated carbocycles. The fourth-order valence-electron chi connectivity index (χ4n) is 3.20. The van der Waals surface area contributed by atoms with Gasteiger partial charge in [0.2, 0.25) is 12.4 Å². The molecule has 0 aromatic rings. The molecule has 5 atom stereocenters. The summed E-state index contributed by atoms with van der Waals surface area (Å²) in [5.74, 6) is -2.48. The number of rotatable bonds is 7. The number of carbonyl (C=O) groups is 4. The summed E-state index contributed by atoms with van der Waals surface area (Å²) in [7, 11) is -2.35. The predicted molar refractivity (Wildman–Crippen MR) is 165 cm³/mol. The van der Waals surface area contributed by atoms with Crippen molar-refractivity contribution in [1.82, 2.24) is 0 Å². The zero-order valence-electron chi connectivity index (χ0n) is 29.7. The summed E-state index contributed by atoms with van der Waals surface area (Å²) in [6.07, 6.45) is -6.56. The van der Waals surface area contributed by atoms with Gasteiger partial charge < -0.3 is 28.1 Å². The lowest BCUT2D eigenvalue weighted by atomic mass is 9.93. The molecule has 43 heavy (non-hydrogen) atoms. The van der Waals surface area contributed by atoms with Crippen LogP contribution in [0.5, 0.6) is 0 Å². The van der Waals surface area contributed by atoms with Crippen molar-refractivity contribution in [2.45, 2.75) is 153 Å². The molecule has 0 bridgehead atoms. The van der Waals surface area contributed by atoms with E-state index in [0.717, 1.165) is 0 Å². The van der Waals surface area contributed by atoms with Crippen LogP contribution >= 0.6 is 0 Å². The topological polar surface area (TPSA) is 124 Å². The smallest absolute Gasteiger partial charge is 0.313 e. The average Bonchev–Trinajstić information content (AvgIpc) is 2.77. The summed E-state index contributed by atoms with van der Waals surface area (Å²) >= 11 is 0. The molecule has 1 fully saturated rings. The van der Waals surface area contributed by atoms with Gasteiger partial charge >= 0.3 is 23.9 Å². The minimum atomic E-state index is -2.35. The SMILES string of the molecule is CC(C)(C)C(=O)OC1[C@H](OC(=O)C(C)(C)C)OC(CO[Si](C)(C)C(C)(C)C)[C@H](OC(=O)C(C)(C)C)[C@H]1OC(=O)C(C)(C)C. The lowest BCUT2D eigenvalue weighted by Gasteiger charge is -2.47. The highest BCUT2D eigenvalue weighted by Gasteiger charge is 2.56. The maximum Gasteiger partial charge on any atom is 0.313 e. The van der Waals surface area contributed by atoms with Crippen molar-refractivity contribution in [3.63, 3.8) is 0 Å². The van der Waals surface area contributed by atoms with E-state index in [-0.39, 0.29) is 11.6 Å². The van der Waals surface area contributed by atoms with E-state index in [1.807, 2.05) is 0 Å². The molecular weight excluding hydrogens is 572 g/mol. The molecule has 1 heterocycles. The molecule has 0 aliphatic carbocycles. The van der Waals surface area contributed by atoms with Gasteiger partial charge in [0.15, 0.2) is 20.5 Å². The maximum absolute atomic E-state index is 13.4. The third-order valence-corrected chi connectivity index (χ3v) is 11.9. The van der Waals surface area contributed by atoms with Gasteiger partial charge in [-0.05, 0) is 101 Å². The van der Waals surface area contributed by atoms with Crippen molar-refractivity contribution in [3.8, 4) is 0 Å². The van der Waals surface area contributed by atoms with Gasteiger partial charge in [-0.1, -0.05) is 20.8 Å². The zero-order valence-corrected chi connectivity index (χ0v) is 30.7. The molecule has 11 heteroatoms. The maximum atomic E-state index is 13.4. The van der Waals surface area contributed by atoms with Gasteiger partial charge in [0.25, 0.3) is 0 Å². The highest BCUT2D eigenvalue weighted by molar-refractivity contribution is 6.74. The molecule has 1 aliphatic rings. The molecule has 0 aromatic heterocycles. The van der Waals surface area contributed by atoms with Gasteiger partial charge in [0, 0.05) is 0 Å². The summed E-state index contributed by atoms with van der Waals surface area (Å²) in [5.41, 5.74) is -3.77. The molecule has 2 unspecified atom stereocenters. The Bertz CT molecular complexity index is 1020. The van der Waals surface area contributed by atoms with Crippen molar-refractivity contribution >= 4 is 32.2 Å². The van der Waals surface area contributed by atoms with Crippen LogP contribution in [0.2, 0.25) is 18.1 Å². The van der Waals surface area contributed by atoms with E-state index < -0.39 is 84.6 Å². The molecular formula is C32H58O10Si. The van der Waals surface area contributed by atoms with Gasteiger partial charge in [0.05, 0.1) is 28.3 Å². The van der Waals surface area contributed by atoms with Crippen molar-refractivity contribution in [2.75, 3.05) is 6.61 Å². The standard InChI is InChI=1S/C32H58O10Si/c1-28(2,3)24(33)39-20-19(18-37-43(16,17)32(13,14)15)38-23(42-27(36)31(10,11)12)22(41-26(35)30(7,8)9)21(20)40-25(34)29(4,5)6/h19-23H,18H2,1-17H3/t19?,20-,21+,22?,23-/m0/s1. The molecule has 1 aliphatic heterocycles. The van der Waals surface area contributed by atoms with E-state index in [9.17, 15) is 19.2 Å². The van der Waals surface area contributed by atoms with Crippen LogP contribution in [-0.2, 0) is 47.3 Å². The molecule has 1 rings (SSSR count). The Morgan fingerprint density at radius 3 is 1.21 bits per heavy atom. The van der Waals surface area contributed by atoms with Gasteiger partial charge in [-0.15, -0.1) is 0 Å². The van der Waals surface area contributed by atoms with E-state index in [2.05, 4.69) is 33.9 Å². The minimum absolute atomic E-state index is 0.0499. The van der Waals surface area contributed by atoms with Crippen LogP contribution in [0.1, 0.15) is 104 Å². The van der Waals surface area contributed by atoms with Crippen LogP contribution in [0.3, 0.4) is 0 Å². The highest BCUT2D eigenvalue weighted by Crippen LogP contribution is 2.39. The molecule has 250 valence electrons. The Balaban J connectivity index is 3.86. The van der Waals surface area contributed by atoms with Crippen LogP contribution in [0.4, 0.5) is 0 Å². The minimum Gasteiger partial charge on any atom is -0.455 e. The van der Waals surface area contributed by atoms with Crippen LogP contribution in [0.15, 0.2) is 0 Å². The molecule has 0 aromatic carbocycles. The first-order valence-corrected chi connectivity index (χ1v) is 17.9. The number of carbonyl (C=O) groups excluding carboxylic acids is 4. The third kappa shape index (κ3) is 10.8. The molecule has 0 N–H and O–H groups in total. The first kappa shape index (κ1) is 39.0. The molecule has 1 saturated heterocycles. The Morgan fingerprint density at radius 2 is 0.860 bits per heavy atom. The van der Waals surface area contributed by atoms with Crippen molar-refractivity contribution in [1.29, 1.82) is 0 Å². The Labute approximate surface area is 260 Å². The van der Waals surface area contributed by atoms with Crippen LogP contribution in [0.25, 0.3) is 0 Å². The summed E-state index contributed by atoms with van der Waals surface area (Å²) in [6.45, 7) is 30.5. The quantitative estimate of drug-likeness (QED) is 0.183. The molecule has 0 amide bonds. The van der Waals surface area contributed by atoms with Gasteiger partial charge in [-0.3, -0.25) is 19.2 Å². The number of hydrogen-bond acceptors (Lipinski definition) is 10. The molecule has 10 nitrogen and oxygen atoms in total.